The van der Waals surface area contributed by atoms with Gasteiger partial charge in [0.25, 0.3) is 0 Å². The molecule has 0 N–H and O–H groups in total. The molecule has 1 fully saturated rings. The van der Waals surface area contributed by atoms with Crippen LogP contribution in [0.3, 0.4) is 0 Å². The molecule has 150 valence electrons. The van der Waals surface area contributed by atoms with Crippen molar-refractivity contribution in [1.29, 1.82) is 0 Å². The number of hydrogen-bond acceptors (Lipinski definition) is 2. The fourth-order valence-corrected chi connectivity index (χ4v) is 7.85. The predicted molar refractivity (Wildman–Crippen MR) is 110 cm³/mol. The van der Waals surface area contributed by atoms with E-state index in [4.69, 9.17) is 4.74 Å². The lowest BCUT2D eigenvalue weighted by atomic mass is 9.79. The van der Waals surface area contributed by atoms with Crippen molar-refractivity contribution in [3.8, 4) is 5.75 Å². The van der Waals surface area contributed by atoms with E-state index in [0.717, 1.165) is 5.92 Å². The zero-order valence-electron chi connectivity index (χ0n) is 16.2. The molecule has 0 saturated heterocycles. The summed E-state index contributed by atoms with van der Waals surface area (Å²) in [5, 5.41) is 0. The number of halogens is 3. The van der Waals surface area contributed by atoms with E-state index < -0.39 is 23.4 Å². The van der Waals surface area contributed by atoms with Gasteiger partial charge in [0.2, 0.25) is 0 Å². The van der Waals surface area contributed by atoms with Crippen LogP contribution in [0, 0.1) is 23.4 Å². The molecule has 1 aliphatic carbocycles. The highest BCUT2D eigenvalue weighted by atomic mass is 29.1. The molecular formula is C21H25F3O2Si2. The van der Waals surface area contributed by atoms with E-state index in [1.54, 1.807) is 12.1 Å². The summed E-state index contributed by atoms with van der Waals surface area (Å²) in [6.07, 6.45) is 4.95. The fraction of sp³-hybridized carbons (Fsp3) is 0.381. The maximum atomic E-state index is 13.2. The first kappa shape index (κ1) is 20.9. The summed E-state index contributed by atoms with van der Waals surface area (Å²) in [5.41, 5.74) is 1.50. The first-order valence-corrected chi connectivity index (χ1v) is 16.4. The van der Waals surface area contributed by atoms with Crippen molar-refractivity contribution in [3.05, 3.63) is 65.0 Å². The topological polar surface area (TPSA) is 26.3 Å². The van der Waals surface area contributed by atoms with E-state index in [0.29, 0.717) is 23.6 Å². The third-order valence-corrected chi connectivity index (χ3v) is 8.46. The zero-order chi connectivity index (χ0) is 20.3. The SMILES string of the molecule is C[SiH]([SiH3])C[C@H]1CC[C@H](c2ccc(C(=O)Oc3cc(F)c(F)c(F)c3)cc2)CC1. The van der Waals surface area contributed by atoms with Crippen molar-refractivity contribution >= 4 is 24.0 Å². The van der Waals surface area contributed by atoms with Crippen LogP contribution in [0.5, 0.6) is 5.75 Å². The summed E-state index contributed by atoms with van der Waals surface area (Å²) < 4.78 is 44.5. The first-order chi connectivity index (χ1) is 13.3. The van der Waals surface area contributed by atoms with Crippen LogP contribution >= 0.6 is 0 Å². The number of ether oxygens (including phenoxy) is 1. The average molecular weight is 423 g/mol. The number of carbonyl (C=O) groups excluding carboxylic acids is 1. The Bertz CT molecular complexity index is 809. The van der Waals surface area contributed by atoms with Gasteiger partial charge in [-0.05, 0) is 52.1 Å². The van der Waals surface area contributed by atoms with Crippen LogP contribution in [0.15, 0.2) is 36.4 Å². The van der Waals surface area contributed by atoms with E-state index in [-0.39, 0.29) is 14.1 Å². The third kappa shape index (κ3) is 5.14. The van der Waals surface area contributed by atoms with Crippen LogP contribution in [-0.4, -0.2) is 24.0 Å². The lowest BCUT2D eigenvalue weighted by molar-refractivity contribution is 0.0733. The Morgan fingerprint density at radius 2 is 1.64 bits per heavy atom. The molecule has 2 aromatic rings. The van der Waals surface area contributed by atoms with Gasteiger partial charge in [0.05, 0.1) is 5.56 Å². The van der Waals surface area contributed by atoms with Crippen LogP contribution < -0.4 is 4.74 Å². The minimum Gasteiger partial charge on any atom is -0.423 e. The van der Waals surface area contributed by atoms with Gasteiger partial charge in [0.1, 0.15) is 5.75 Å². The molecule has 0 bridgehead atoms. The van der Waals surface area contributed by atoms with Crippen molar-refractivity contribution in [2.24, 2.45) is 5.92 Å². The summed E-state index contributed by atoms with van der Waals surface area (Å²) >= 11 is 0. The second-order valence-electron chi connectivity index (χ2n) is 8.06. The van der Waals surface area contributed by atoms with Crippen LogP contribution in [0.2, 0.25) is 12.6 Å². The van der Waals surface area contributed by atoms with Gasteiger partial charge in [0.15, 0.2) is 17.5 Å². The molecule has 0 aliphatic heterocycles. The Morgan fingerprint density at radius 3 is 2.18 bits per heavy atom. The van der Waals surface area contributed by atoms with Gasteiger partial charge in [-0.1, -0.05) is 37.6 Å². The van der Waals surface area contributed by atoms with Crippen molar-refractivity contribution in [2.75, 3.05) is 0 Å². The van der Waals surface area contributed by atoms with Gasteiger partial charge in [-0.3, -0.25) is 0 Å². The quantitative estimate of drug-likeness (QED) is 0.311. The van der Waals surface area contributed by atoms with Crippen molar-refractivity contribution in [1.82, 2.24) is 0 Å². The first-order valence-electron chi connectivity index (χ1n) is 9.80. The van der Waals surface area contributed by atoms with E-state index >= 15 is 0 Å². The summed E-state index contributed by atoms with van der Waals surface area (Å²) in [6.45, 7) is 2.46. The van der Waals surface area contributed by atoms with Gasteiger partial charge in [0, 0.05) is 20.4 Å². The molecule has 28 heavy (non-hydrogen) atoms. The van der Waals surface area contributed by atoms with Gasteiger partial charge >= 0.3 is 5.97 Å². The van der Waals surface area contributed by atoms with E-state index in [2.05, 4.69) is 6.55 Å². The normalized spacial score (nSPS) is 20.7. The van der Waals surface area contributed by atoms with Crippen molar-refractivity contribution in [3.63, 3.8) is 0 Å². The highest BCUT2D eigenvalue weighted by molar-refractivity contribution is 7.02. The maximum Gasteiger partial charge on any atom is 0.343 e. The zero-order valence-corrected chi connectivity index (χ0v) is 19.3. The Morgan fingerprint density at radius 1 is 1.07 bits per heavy atom. The predicted octanol–water partition coefficient (Wildman–Crippen LogP) is 4.32. The molecule has 2 nitrogen and oxygen atoms in total. The summed E-state index contributed by atoms with van der Waals surface area (Å²) in [5.74, 6) is -4.04. The molecule has 1 unspecified atom stereocenters. The smallest absolute Gasteiger partial charge is 0.343 e. The minimum atomic E-state index is -1.59. The van der Waals surface area contributed by atoms with Crippen molar-refractivity contribution in [2.45, 2.75) is 44.2 Å². The summed E-state index contributed by atoms with van der Waals surface area (Å²) in [6, 6.07) is 10.00. The number of esters is 1. The molecule has 1 saturated carbocycles. The number of hydrogen-bond donors (Lipinski definition) is 0. The van der Waals surface area contributed by atoms with Crippen molar-refractivity contribution < 1.29 is 22.7 Å². The molecule has 7 heteroatoms. The highest BCUT2D eigenvalue weighted by Gasteiger charge is 2.23. The maximum absolute atomic E-state index is 13.2. The van der Waals surface area contributed by atoms with Crippen LogP contribution in [0.1, 0.15) is 47.5 Å². The lowest BCUT2D eigenvalue weighted by Crippen LogP contribution is -2.19. The Kier molecular flexibility index (Phi) is 6.77. The van der Waals surface area contributed by atoms with Gasteiger partial charge in [-0.2, -0.15) is 0 Å². The lowest BCUT2D eigenvalue weighted by Gasteiger charge is -2.29. The summed E-state index contributed by atoms with van der Waals surface area (Å²) in [7, 11) is 1.02. The minimum absolute atomic E-state index is 0.290. The molecule has 0 spiro atoms. The van der Waals surface area contributed by atoms with Crippen LogP contribution in [0.4, 0.5) is 13.2 Å². The largest absolute Gasteiger partial charge is 0.423 e. The molecule has 3 rings (SSSR count). The molecule has 0 aromatic heterocycles. The average Bonchev–Trinajstić information content (AvgIpc) is 2.66. The van der Waals surface area contributed by atoms with E-state index in [1.165, 1.54) is 47.1 Å². The Labute approximate surface area is 167 Å². The third-order valence-electron chi connectivity index (χ3n) is 5.44. The summed E-state index contributed by atoms with van der Waals surface area (Å²) in [4.78, 5) is 12.2. The molecule has 0 heterocycles. The standard InChI is InChI=1S/C21H25F3O2Si2/c1-28(27)12-13-2-4-14(5-3-13)15-6-8-16(9-7-15)21(25)26-17-10-18(22)20(24)19(23)11-17/h6-11,13-14,28H,2-5,12H2,1,27H3/t13-,14-,28?. The molecule has 0 amide bonds. The van der Waals surface area contributed by atoms with Crippen LogP contribution in [0.25, 0.3) is 0 Å². The number of benzene rings is 2. The number of rotatable bonds is 5. The van der Waals surface area contributed by atoms with Gasteiger partial charge in [-0.15, -0.1) is 0 Å². The second-order valence-corrected chi connectivity index (χ2v) is 17.2. The fourth-order valence-electron chi connectivity index (χ4n) is 4.05. The second kappa shape index (κ2) is 9.09. The molecule has 0 radical (unpaired) electrons. The van der Waals surface area contributed by atoms with Crippen LogP contribution in [-0.2, 0) is 0 Å². The van der Waals surface area contributed by atoms with E-state index in [9.17, 15) is 18.0 Å². The van der Waals surface area contributed by atoms with Gasteiger partial charge < -0.3 is 4.74 Å². The van der Waals surface area contributed by atoms with E-state index in [1.807, 2.05) is 12.1 Å². The molecule has 1 atom stereocenters. The Hall–Kier alpha value is -1.87. The Balaban J connectivity index is 1.61. The van der Waals surface area contributed by atoms with Gasteiger partial charge in [-0.25, -0.2) is 18.0 Å². The molecular weight excluding hydrogens is 397 g/mol. The number of carbonyl (C=O) groups is 1. The molecule has 2 aromatic carbocycles. The monoisotopic (exact) mass is 422 g/mol. The molecule has 1 aliphatic rings. The highest BCUT2D eigenvalue weighted by Crippen LogP contribution is 2.37.